The van der Waals surface area contributed by atoms with E-state index in [2.05, 4.69) is 4.84 Å². The first-order chi connectivity index (χ1) is 12.6. The molecule has 0 spiro atoms. The number of hydroxylamine groups is 2. The minimum Gasteiger partial charge on any atom is -0.325 e. The zero-order valence-corrected chi connectivity index (χ0v) is 14.1. The summed E-state index contributed by atoms with van der Waals surface area (Å²) in [5.74, 6) is -4.75. The van der Waals surface area contributed by atoms with Crippen molar-refractivity contribution in [3.63, 3.8) is 0 Å². The standard InChI is InChI=1S/C15H10N2O9S/c18-11-5-6-12(19)16(11)9-3-1-8(2-4-9)15(22)26-17-13(20)7-10(14(17)21)27(23,24)25/h1-6,10H,7H2,(H,23,24,25)/t10-/m1/s1. The first-order valence-electron chi connectivity index (χ1n) is 7.31. The molecule has 1 atom stereocenters. The second-order valence-electron chi connectivity index (χ2n) is 5.50. The van der Waals surface area contributed by atoms with Crippen molar-refractivity contribution < 1.29 is 41.8 Å². The maximum atomic E-state index is 12.1. The van der Waals surface area contributed by atoms with Crippen molar-refractivity contribution in [2.45, 2.75) is 11.7 Å². The van der Waals surface area contributed by atoms with Gasteiger partial charge in [-0.1, -0.05) is 0 Å². The van der Waals surface area contributed by atoms with Gasteiger partial charge in [0, 0.05) is 12.2 Å². The highest BCUT2D eigenvalue weighted by Crippen LogP contribution is 2.22. The van der Waals surface area contributed by atoms with Crippen LogP contribution in [-0.4, -0.2) is 52.9 Å². The molecule has 27 heavy (non-hydrogen) atoms. The molecule has 0 aliphatic carbocycles. The van der Waals surface area contributed by atoms with E-state index in [-0.39, 0.29) is 16.3 Å². The van der Waals surface area contributed by atoms with Crippen LogP contribution in [0, 0.1) is 0 Å². The normalized spacial score (nSPS) is 20.0. The monoisotopic (exact) mass is 394 g/mol. The van der Waals surface area contributed by atoms with Crippen molar-refractivity contribution in [3.8, 4) is 0 Å². The number of imide groups is 2. The van der Waals surface area contributed by atoms with Crippen LogP contribution >= 0.6 is 0 Å². The lowest BCUT2D eigenvalue weighted by Crippen LogP contribution is -2.36. The number of carbonyl (C=O) groups is 5. The average Bonchev–Trinajstić information content (AvgIpc) is 3.08. The van der Waals surface area contributed by atoms with Gasteiger partial charge in [-0.05, 0) is 24.3 Å². The average molecular weight is 394 g/mol. The molecule has 3 rings (SSSR count). The van der Waals surface area contributed by atoms with Crippen molar-refractivity contribution >= 4 is 45.4 Å². The number of nitrogens with zero attached hydrogens (tertiary/aromatic N) is 2. The molecular weight excluding hydrogens is 384 g/mol. The van der Waals surface area contributed by atoms with Crippen LogP contribution in [0.3, 0.4) is 0 Å². The topological polar surface area (TPSA) is 155 Å². The summed E-state index contributed by atoms with van der Waals surface area (Å²) in [6, 6.07) is 4.91. The van der Waals surface area contributed by atoms with E-state index in [1.54, 1.807) is 0 Å². The second kappa shape index (κ2) is 6.41. The molecule has 12 heteroatoms. The van der Waals surface area contributed by atoms with Gasteiger partial charge in [0.15, 0.2) is 5.25 Å². The fraction of sp³-hybridized carbons (Fsp3) is 0.133. The number of carbonyl (C=O) groups excluding carboxylic acids is 5. The molecule has 1 N–H and O–H groups in total. The van der Waals surface area contributed by atoms with Crippen molar-refractivity contribution in [1.82, 2.24) is 5.06 Å². The second-order valence-corrected chi connectivity index (χ2v) is 7.10. The van der Waals surface area contributed by atoms with Gasteiger partial charge in [-0.25, -0.2) is 9.69 Å². The Morgan fingerprint density at radius 1 is 1.04 bits per heavy atom. The fourth-order valence-corrected chi connectivity index (χ4v) is 3.15. The predicted octanol–water partition coefficient (Wildman–Crippen LogP) is -0.797. The van der Waals surface area contributed by atoms with E-state index < -0.39 is 51.4 Å². The Morgan fingerprint density at radius 2 is 1.59 bits per heavy atom. The van der Waals surface area contributed by atoms with Gasteiger partial charge in [0.1, 0.15) is 0 Å². The zero-order chi connectivity index (χ0) is 19.9. The molecule has 1 fully saturated rings. The summed E-state index contributed by atoms with van der Waals surface area (Å²) in [4.78, 5) is 64.2. The molecule has 1 aromatic carbocycles. The molecule has 0 unspecified atom stereocenters. The lowest BCUT2D eigenvalue weighted by atomic mass is 10.2. The highest BCUT2D eigenvalue weighted by Gasteiger charge is 2.48. The number of rotatable bonds is 4. The van der Waals surface area contributed by atoms with Crippen LogP contribution in [-0.2, 0) is 34.1 Å². The van der Waals surface area contributed by atoms with E-state index in [1.165, 1.54) is 24.3 Å². The molecule has 1 saturated heterocycles. The van der Waals surface area contributed by atoms with Crippen LogP contribution in [0.1, 0.15) is 16.8 Å². The number of amides is 4. The Morgan fingerprint density at radius 3 is 2.07 bits per heavy atom. The Balaban J connectivity index is 1.74. The highest BCUT2D eigenvalue weighted by atomic mass is 32.2. The molecule has 2 aliphatic heterocycles. The summed E-state index contributed by atoms with van der Waals surface area (Å²) >= 11 is 0. The molecule has 11 nitrogen and oxygen atoms in total. The summed E-state index contributed by atoms with van der Waals surface area (Å²) in [5, 5.41) is -2.05. The van der Waals surface area contributed by atoms with Gasteiger partial charge in [0.05, 0.1) is 17.7 Å². The van der Waals surface area contributed by atoms with E-state index in [0.29, 0.717) is 0 Å². The van der Waals surface area contributed by atoms with Gasteiger partial charge in [-0.3, -0.25) is 23.7 Å². The molecule has 0 bridgehead atoms. The smallest absolute Gasteiger partial charge is 0.325 e. The summed E-state index contributed by atoms with van der Waals surface area (Å²) < 4.78 is 31.0. The van der Waals surface area contributed by atoms with Crippen molar-refractivity contribution in [3.05, 3.63) is 42.0 Å². The number of hydrogen-bond donors (Lipinski definition) is 1. The molecule has 2 heterocycles. The first kappa shape index (κ1) is 18.4. The minimum absolute atomic E-state index is 0.0217. The van der Waals surface area contributed by atoms with Crippen molar-refractivity contribution in [2.75, 3.05) is 4.90 Å². The van der Waals surface area contributed by atoms with Gasteiger partial charge in [0.25, 0.3) is 33.7 Å². The molecule has 4 amide bonds. The summed E-state index contributed by atoms with van der Waals surface area (Å²) in [7, 11) is -4.82. The summed E-state index contributed by atoms with van der Waals surface area (Å²) in [5.41, 5.74) is 0.0491. The minimum atomic E-state index is -4.82. The Hall–Kier alpha value is -3.38. The maximum Gasteiger partial charge on any atom is 0.363 e. The molecule has 140 valence electrons. The van der Waals surface area contributed by atoms with Crippen LogP contribution < -0.4 is 4.90 Å². The molecule has 0 saturated carbocycles. The van der Waals surface area contributed by atoms with Gasteiger partial charge < -0.3 is 4.84 Å². The first-order valence-corrected chi connectivity index (χ1v) is 8.81. The number of anilines is 1. The number of benzene rings is 1. The van der Waals surface area contributed by atoms with E-state index in [0.717, 1.165) is 17.1 Å². The van der Waals surface area contributed by atoms with Crippen molar-refractivity contribution in [2.24, 2.45) is 0 Å². The molecule has 0 radical (unpaired) electrons. The maximum absolute atomic E-state index is 12.1. The Kier molecular flexibility index (Phi) is 4.37. The van der Waals surface area contributed by atoms with Gasteiger partial charge in [-0.2, -0.15) is 8.42 Å². The highest BCUT2D eigenvalue weighted by molar-refractivity contribution is 7.87. The Bertz CT molecular complexity index is 992. The molecule has 1 aromatic rings. The van der Waals surface area contributed by atoms with Crippen molar-refractivity contribution in [1.29, 1.82) is 0 Å². The van der Waals surface area contributed by atoms with E-state index in [1.807, 2.05) is 0 Å². The quantitative estimate of drug-likeness (QED) is 0.510. The lowest BCUT2D eigenvalue weighted by molar-refractivity contribution is -0.172. The van der Waals surface area contributed by atoms with Crippen LogP contribution in [0.5, 0.6) is 0 Å². The third kappa shape index (κ3) is 3.35. The summed E-state index contributed by atoms with van der Waals surface area (Å²) in [6.45, 7) is 0. The van der Waals surface area contributed by atoms with E-state index in [9.17, 15) is 32.4 Å². The SMILES string of the molecule is O=C(ON1C(=O)C[C@@H](S(=O)(=O)O)C1=O)c1ccc(N2C(=O)C=CC2=O)cc1. The Labute approximate surface area is 151 Å². The number of hydrogen-bond acceptors (Lipinski definition) is 8. The van der Waals surface area contributed by atoms with Crippen LogP contribution in [0.15, 0.2) is 36.4 Å². The molecular formula is C15H10N2O9S. The van der Waals surface area contributed by atoms with Crippen LogP contribution in [0.2, 0.25) is 0 Å². The van der Waals surface area contributed by atoms with Gasteiger partial charge in [-0.15, -0.1) is 5.06 Å². The summed E-state index contributed by atoms with van der Waals surface area (Å²) in [6.07, 6.45) is 1.32. The third-order valence-electron chi connectivity index (χ3n) is 3.77. The van der Waals surface area contributed by atoms with E-state index in [4.69, 9.17) is 4.55 Å². The largest absolute Gasteiger partial charge is 0.363 e. The molecule has 2 aliphatic rings. The van der Waals surface area contributed by atoms with Crippen LogP contribution in [0.4, 0.5) is 5.69 Å². The predicted molar refractivity (Wildman–Crippen MR) is 85.3 cm³/mol. The fourth-order valence-electron chi connectivity index (χ4n) is 2.45. The molecule has 0 aromatic heterocycles. The van der Waals surface area contributed by atoms with Gasteiger partial charge in [0.2, 0.25) is 0 Å². The lowest BCUT2D eigenvalue weighted by Gasteiger charge is -2.15. The third-order valence-corrected chi connectivity index (χ3v) is 4.85. The zero-order valence-electron chi connectivity index (χ0n) is 13.3. The van der Waals surface area contributed by atoms with E-state index >= 15 is 0 Å². The van der Waals surface area contributed by atoms with Gasteiger partial charge >= 0.3 is 5.97 Å². The van der Waals surface area contributed by atoms with Crippen LogP contribution in [0.25, 0.3) is 0 Å².